The van der Waals surface area contributed by atoms with Crippen molar-refractivity contribution in [1.82, 2.24) is 24.8 Å². The van der Waals surface area contributed by atoms with Gasteiger partial charge in [0.1, 0.15) is 11.6 Å². The molecule has 0 saturated heterocycles. The molecule has 0 N–H and O–H groups in total. The summed E-state index contributed by atoms with van der Waals surface area (Å²) in [6.45, 7) is 0. The number of hydrogen-bond acceptors (Lipinski definition) is 5. The van der Waals surface area contributed by atoms with Gasteiger partial charge in [0.25, 0.3) is 0 Å². The number of halogens is 2. The second-order valence-electron chi connectivity index (χ2n) is 4.46. The third kappa shape index (κ3) is 1.96. The molecule has 0 radical (unpaired) electrons. The molecule has 0 aliphatic carbocycles. The van der Waals surface area contributed by atoms with Gasteiger partial charge in [0.15, 0.2) is 10.8 Å². The van der Waals surface area contributed by atoms with Gasteiger partial charge in [-0.3, -0.25) is 4.98 Å². The first kappa shape index (κ1) is 13.0. The van der Waals surface area contributed by atoms with Gasteiger partial charge in [-0.1, -0.05) is 17.4 Å². The molecule has 0 amide bonds. The summed E-state index contributed by atoms with van der Waals surface area (Å²) in [4.78, 5) is 4.47. The van der Waals surface area contributed by atoms with E-state index in [4.69, 9.17) is 0 Å². The molecule has 0 aliphatic rings. The van der Waals surface area contributed by atoms with Crippen LogP contribution in [0, 0.1) is 11.6 Å². The molecule has 0 aliphatic heterocycles. The van der Waals surface area contributed by atoms with E-state index < -0.39 is 11.6 Å². The maximum absolute atomic E-state index is 13.9. The number of pyridine rings is 1. The zero-order chi connectivity index (χ0) is 15.1. The normalized spacial score (nSPS) is 11.2. The van der Waals surface area contributed by atoms with Gasteiger partial charge in [0.2, 0.25) is 4.96 Å². The summed E-state index contributed by atoms with van der Waals surface area (Å²) in [6.07, 6.45) is 3.27. The third-order valence-corrected chi connectivity index (χ3v) is 4.00. The van der Waals surface area contributed by atoms with Gasteiger partial charge in [0, 0.05) is 18.0 Å². The zero-order valence-electron chi connectivity index (χ0n) is 10.9. The Morgan fingerprint density at radius 1 is 1.00 bits per heavy atom. The maximum atomic E-state index is 13.9. The van der Waals surface area contributed by atoms with Gasteiger partial charge in [-0.25, -0.2) is 8.78 Å². The van der Waals surface area contributed by atoms with Crippen molar-refractivity contribution >= 4 is 16.3 Å². The van der Waals surface area contributed by atoms with Crippen LogP contribution in [0.15, 0.2) is 42.7 Å². The van der Waals surface area contributed by atoms with Crippen molar-refractivity contribution in [3.05, 3.63) is 54.4 Å². The van der Waals surface area contributed by atoms with E-state index in [0.717, 1.165) is 16.9 Å². The highest BCUT2D eigenvalue weighted by atomic mass is 32.1. The highest BCUT2D eigenvalue weighted by Crippen LogP contribution is 2.31. The summed E-state index contributed by atoms with van der Waals surface area (Å²) in [5.41, 5.74) is 0.566. The first-order valence-electron chi connectivity index (χ1n) is 6.31. The summed E-state index contributed by atoms with van der Waals surface area (Å²) < 4.78 is 29.2. The molecule has 1 aromatic carbocycles. The van der Waals surface area contributed by atoms with Gasteiger partial charge in [-0.15, -0.1) is 10.2 Å². The second-order valence-corrected chi connectivity index (χ2v) is 5.42. The van der Waals surface area contributed by atoms with Gasteiger partial charge >= 0.3 is 0 Å². The summed E-state index contributed by atoms with van der Waals surface area (Å²) in [7, 11) is 0. The van der Waals surface area contributed by atoms with Crippen molar-refractivity contribution in [2.24, 2.45) is 0 Å². The van der Waals surface area contributed by atoms with E-state index in [9.17, 15) is 8.78 Å². The Morgan fingerprint density at radius 3 is 2.55 bits per heavy atom. The molecule has 0 bridgehead atoms. The summed E-state index contributed by atoms with van der Waals surface area (Å²) in [5.74, 6) is -0.844. The number of fused-ring (bicyclic) bond motifs is 1. The number of hydrogen-bond donors (Lipinski definition) is 0. The Labute approximate surface area is 126 Å². The molecule has 0 spiro atoms. The molecular weight excluding hydrogens is 308 g/mol. The molecule has 0 atom stereocenters. The molecule has 8 heteroatoms. The summed E-state index contributed by atoms with van der Waals surface area (Å²) in [6, 6.07) is 7.29. The lowest BCUT2D eigenvalue weighted by molar-refractivity contribution is 0.589. The van der Waals surface area contributed by atoms with E-state index in [1.165, 1.54) is 22.7 Å². The molecule has 22 heavy (non-hydrogen) atoms. The second kappa shape index (κ2) is 4.92. The molecule has 5 nitrogen and oxygen atoms in total. The lowest BCUT2D eigenvalue weighted by Gasteiger charge is -1.99. The van der Waals surface area contributed by atoms with Crippen molar-refractivity contribution in [3.8, 4) is 22.0 Å². The summed E-state index contributed by atoms with van der Waals surface area (Å²) >= 11 is 1.07. The van der Waals surface area contributed by atoms with Crippen LogP contribution in [0.5, 0.6) is 0 Å². The topological polar surface area (TPSA) is 56.0 Å². The molecule has 0 unspecified atom stereocenters. The fourth-order valence-electron chi connectivity index (χ4n) is 2.10. The fourth-order valence-corrected chi connectivity index (χ4v) is 2.98. The Morgan fingerprint density at radius 2 is 1.82 bits per heavy atom. The lowest BCUT2D eigenvalue weighted by atomic mass is 10.2. The van der Waals surface area contributed by atoms with Crippen LogP contribution in [0.2, 0.25) is 0 Å². The van der Waals surface area contributed by atoms with Crippen LogP contribution in [0.1, 0.15) is 0 Å². The Bertz CT molecular complexity index is 944. The average Bonchev–Trinajstić information content (AvgIpc) is 3.08. The van der Waals surface area contributed by atoms with Gasteiger partial charge in [-0.05, 0) is 24.3 Å². The minimum absolute atomic E-state index is 0.157. The van der Waals surface area contributed by atoms with E-state index in [-0.39, 0.29) is 10.6 Å². The SMILES string of the molecule is Fc1cccc(F)c1-c1nn2c(-c3cccnc3)nnc2s1. The predicted molar refractivity (Wildman–Crippen MR) is 77.2 cm³/mol. The molecular formula is C14H7F2N5S. The van der Waals surface area contributed by atoms with E-state index in [1.54, 1.807) is 18.5 Å². The van der Waals surface area contributed by atoms with Crippen molar-refractivity contribution in [1.29, 1.82) is 0 Å². The predicted octanol–water partition coefficient (Wildman–Crippen LogP) is 3.19. The van der Waals surface area contributed by atoms with Crippen LogP contribution in [0.4, 0.5) is 8.78 Å². The van der Waals surface area contributed by atoms with Crippen LogP contribution in [-0.2, 0) is 0 Å². The molecule has 4 rings (SSSR count). The van der Waals surface area contributed by atoms with Crippen molar-refractivity contribution in [3.63, 3.8) is 0 Å². The first-order valence-corrected chi connectivity index (χ1v) is 7.13. The Kier molecular flexibility index (Phi) is 2.90. The highest BCUT2D eigenvalue weighted by Gasteiger charge is 2.19. The van der Waals surface area contributed by atoms with Gasteiger partial charge in [0.05, 0.1) is 5.56 Å². The van der Waals surface area contributed by atoms with Crippen LogP contribution in [-0.4, -0.2) is 24.8 Å². The quantitative estimate of drug-likeness (QED) is 0.570. The molecule has 3 aromatic heterocycles. The van der Waals surface area contributed by atoms with Crippen molar-refractivity contribution < 1.29 is 8.78 Å². The smallest absolute Gasteiger partial charge is 0.235 e. The lowest BCUT2D eigenvalue weighted by Crippen LogP contribution is -1.93. The van der Waals surface area contributed by atoms with Crippen molar-refractivity contribution in [2.45, 2.75) is 0 Å². The summed E-state index contributed by atoms with van der Waals surface area (Å²) in [5, 5.41) is 12.5. The number of benzene rings is 1. The highest BCUT2D eigenvalue weighted by molar-refractivity contribution is 7.19. The van der Waals surface area contributed by atoms with E-state index in [0.29, 0.717) is 10.8 Å². The van der Waals surface area contributed by atoms with Crippen LogP contribution in [0.3, 0.4) is 0 Å². The zero-order valence-corrected chi connectivity index (χ0v) is 11.8. The Balaban J connectivity index is 1.91. The number of rotatable bonds is 2. The largest absolute Gasteiger partial charge is 0.264 e. The van der Waals surface area contributed by atoms with E-state index in [2.05, 4.69) is 20.3 Å². The fraction of sp³-hybridized carbons (Fsp3) is 0. The number of aromatic nitrogens is 5. The minimum Gasteiger partial charge on any atom is -0.264 e. The van der Waals surface area contributed by atoms with E-state index >= 15 is 0 Å². The van der Waals surface area contributed by atoms with E-state index in [1.807, 2.05) is 6.07 Å². The average molecular weight is 315 g/mol. The molecule has 0 fully saturated rings. The van der Waals surface area contributed by atoms with Gasteiger partial charge in [-0.2, -0.15) is 9.61 Å². The van der Waals surface area contributed by atoms with Crippen LogP contribution in [0.25, 0.3) is 26.9 Å². The molecule has 108 valence electrons. The maximum Gasteiger partial charge on any atom is 0.235 e. The third-order valence-electron chi connectivity index (χ3n) is 3.09. The molecule has 3 heterocycles. The Hall–Kier alpha value is -2.74. The van der Waals surface area contributed by atoms with Crippen molar-refractivity contribution in [2.75, 3.05) is 0 Å². The first-order chi connectivity index (χ1) is 10.7. The van der Waals surface area contributed by atoms with Crippen LogP contribution < -0.4 is 0 Å². The monoisotopic (exact) mass is 315 g/mol. The van der Waals surface area contributed by atoms with Crippen LogP contribution >= 0.6 is 11.3 Å². The molecule has 0 saturated carbocycles. The standard InChI is InChI=1S/C14H7F2N5S/c15-9-4-1-5-10(16)11(9)13-20-21-12(18-19-14(21)22-13)8-3-2-6-17-7-8/h1-7H. The van der Waals surface area contributed by atoms with Gasteiger partial charge < -0.3 is 0 Å². The molecule has 4 aromatic rings. The number of nitrogens with zero attached hydrogens (tertiary/aromatic N) is 5. The minimum atomic E-state index is -0.659.